The highest BCUT2D eigenvalue weighted by Gasteiger charge is 2.32. The van der Waals surface area contributed by atoms with E-state index in [1.54, 1.807) is 6.08 Å². The first-order valence-corrected chi connectivity index (χ1v) is 11.1. The molecule has 1 N–H and O–H groups in total. The van der Waals surface area contributed by atoms with Gasteiger partial charge in [-0.05, 0) is 73.3 Å². The van der Waals surface area contributed by atoms with E-state index in [1.807, 2.05) is 60.4 Å². The quantitative estimate of drug-likeness (QED) is 0.577. The van der Waals surface area contributed by atoms with Crippen LogP contribution in [-0.4, -0.2) is 34.9 Å². The van der Waals surface area contributed by atoms with Crippen LogP contribution in [0.15, 0.2) is 54.2 Å². The third kappa shape index (κ3) is 4.54. The maximum absolute atomic E-state index is 12.9. The van der Waals surface area contributed by atoms with Gasteiger partial charge in [0.05, 0.1) is 5.69 Å². The van der Waals surface area contributed by atoms with Crippen molar-refractivity contribution in [1.29, 1.82) is 0 Å². The molecule has 0 saturated carbocycles. The third-order valence-corrected chi connectivity index (χ3v) is 6.08. The summed E-state index contributed by atoms with van der Waals surface area (Å²) in [6.07, 6.45) is 2.93. The second kappa shape index (κ2) is 8.63. The van der Waals surface area contributed by atoms with E-state index in [0.717, 1.165) is 29.9 Å². The zero-order chi connectivity index (χ0) is 22.1. The van der Waals surface area contributed by atoms with Crippen molar-refractivity contribution < 1.29 is 9.59 Å². The van der Waals surface area contributed by atoms with E-state index in [-0.39, 0.29) is 11.8 Å². The lowest BCUT2D eigenvalue weighted by molar-refractivity contribution is -0.113. The minimum absolute atomic E-state index is 0.0689. The monoisotopic (exact) mass is 433 g/mol. The van der Waals surface area contributed by atoms with Gasteiger partial charge in [0, 0.05) is 18.7 Å². The smallest absolute Gasteiger partial charge is 0.281 e. The third-order valence-electron chi connectivity index (χ3n) is 5.80. The van der Waals surface area contributed by atoms with Gasteiger partial charge in [-0.2, -0.15) is 0 Å². The molecule has 0 spiro atoms. The normalized spacial score (nSPS) is 22.7. The first-order valence-electron chi connectivity index (χ1n) is 10.6. The highest BCUT2D eigenvalue weighted by molar-refractivity contribution is 7.80. The van der Waals surface area contributed by atoms with E-state index in [4.69, 9.17) is 12.2 Å². The summed E-state index contributed by atoms with van der Waals surface area (Å²) in [7, 11) is 0. The van der Waals surface area contributed by atoms with Crippen LogP contribution in [0.3, 0.4) is 0 Å². The average molecular weight is 434 g/mol. The number of anilines is 1. The van der Waals surface area contributed by atoms with Gasteiger partial charge >= 0.3 is 0 Å². The highest BCUT2D eigenvalue weighted by Crippen LogP contribution is 2.24. The number of piperidine rings is 1. The van der Waals surface area contributed by atoms with Crippen molar-refractivity contribution in [3.63, 3.8) is 0 Å². The molecule has 0 aliphatic carbocycles. The van der Waals surface area contributed by atoms with Crippen LogP contribution in [0, 0.1) is 18.8 Å². The number of hydrogen-bond acceptors (Lipinski definition) is 3. The Morgan fingerprint density at radius 1 is 1.03 bits per heavy atom. The SMILES string of the molecule is Cc1ccc(N2C(=O)/C(=C\c3ccc(C(=O)N4C[C@@H](C)C[C@H](C)C4)cc3)NC2=S)cc1. The molecule has 0 aromatic heterocycles. The summed E-state index contributed by atoms with van der Waals surface area (Å²) in [5.41, 5.74) is 3.78. The Hall–Kier alpha value is -2.99. The molecule has 6 heteroatoms. The van der Waals surface area contributed by atoms with Crippen molar-refractivity contribution >= 4 is 40.9 Å². The molecular formula is C25H27N3O2S. The van der Waals surface area contributed by atoms with Crippen molar-refractivity contribution in [2.75, 3.05) is 18.0 Å². The number of carbonyl (C=O) groups excluding carboxylic acids is 2. The van der Waals surface area contributed by atoms with Crippen LogP contribution in [0.5, 0.6) is 0 Å². The fraction of sp³-hybridized carbons (Fsp3) is 0.320. The summed E-state index contributed by atoms with van der Waals surface area (Å²) < 4.78 is 0. The summed E-state index contributed by atoms with van der Waals surface area (Å²) in [4.78, 5) is 29.2. The van der Waals surface area contributed by atoms with Crippen LogP contribution in [0.25, 0.3) is 6.08 Å². The number of amides is 2. The second-order valence-electron chi connectivity index (χ2n) is 8.74. The van der Waals surface area contributed by atoms with Gasteiger partial charge < -0.3 is 10.2 Å². The number of nitrogens with zero attached hydrogens (tertiary/aromatic N) is 2. The Bertz CT molecular complexity index is 1030. The summed E-state index contributed by atoms with van der Waals surface area (Å²) in [6.45, 7) is 8.00. The van der Waals surface area contributed by atoms with E-state index in [2.05, 4.69) is 19.2 Å². The molecule has 2 aromatic carbocycles. The summed E-state index contributed by atoms with van der Waals surface area (Å²) in [5, 5.41) is 3.37. The number of carbonyl (C=O) groups is 2. The number of nitrogens with one attached hydrogen (secondary N) is 1. The lowest BCUT2D eigenvalue weighted by Crippen LogP contribution is -2.42. The highest BCUT2D eigenvalue weighted by atomic mass is 32.1. The lowest BCUT2D eigenvalue weighted by Gasteiger charge is -2.35. The van der Waals surface area contributed by atoms with E-state index in [9.17, 15) is 9.59 Å². The molecule has 2 aliphatic rings. The molecule has 2 heterocycles. The predicted octanol–water partition coefficient (Wildman–Crippen LogP) is 4.38. The number of rotatable bonds is 3. The van der Waals surface area contributed by atoms with Gasteiger partial charge in [0.15, 0.2) is 5.11 Å². The molecule has 5 nitrogen and oxygen atoms in total. The zero-order valence-electron chi connectivity index (χ0n) is 18.1. The molecule has 2 atom stereocenters. The largest absolute Gasteiger partial charge is 0.338 e. The summed E-state index contributed by atoms with van der Waals surface area (Å²) in [6, 6.07) is 15.0. The first-order chi connectivity index (χ1) is 14.8. The molecule has 160 valence electrons. The molecule has 2 fully saturated rings. The van der Waals surface area contributed by atoms with Crippen molar-refractivity contribution in [2.24, 2.45) is 11.8 Å². The van der Waals surface area contributed by atoms with Crippen molar-refractivity contribution in [2.45, 2.75) is 27.2 Å². The van der Waals surface area contributed by atoms with Gasteiger partial charge in [-0.15, -0.1) is 0 Å². The molecule has 2 saturated heterocycles. The lowest BCUT2D eigenvalue weighted by atomic mass is 9.91. The fourth-order valence-corrected chi connectivity index (χ4v) is 4.66. The maximum Gasteiger partial charge on any atom is 0.281 e. The fourth-order valence-electron chi connectivity index (χ4n) is 4.36. The van der Waals surface area contributed by atoms with Gasteiger partial charge in [-0.3, -0.25) is 14.5 Å². The van der Waals surface area contributed by atoms with Gasteiger partial charge in [-0.1, -0.05) is 43.7 Å². The zero-order valence-corrected chi connectivity index (χ0v) is 18.9. The van der Waals surface area contributed by atoms with E-state index in [1.165, 1.54) is 11.3 Å². The summed E-state index contributed by atoms with van der Waals surface area (Å²) in [5.74, 6) is 0.928. The molecule has 2 aromatic rings. The predicted molar refractivity (Wildman–Crippen MR) is 128 cm³/mol. The van der Waals surface area contributed by atoms with E-state index in [0.29, 0.717) is 28.2 Å². The van der Waals surface area contributed by atoms with Gasteiger partial charge in [0.25, 0.3) is 11.8 Å². The van der Waals surface area contributed by atoms with Crippen molar-refractivity contribution in [1.82, 2.24) is 10.2 Å². The minimum Gasteiger partial charge on any atom is -0.338 e. The van der Waals surface area contributed by atoms with Crippen LogP contribution in [0.1, 0.15) is 41.8 Å². The van der Waals surface area contributed by atoms with Crippen LogP contribution >= 0.6 is 12.2 Å². The average Bonchev–Trinajstić information content (AvgIpc) is 3.01. The van der Waals surface area contributed by atoms with Crippen LogP contribution in [0.4, 0.5) is 5.69 Å². The number of aryl methyl sites for hydroxylation is 1. The van der Waals surface area contributed by atoms with Crippen molar-refractivity contribution in [3.8, 4) is 0 Å². The van der Waals surface area contributed by atoms with Crippen molar-refractivity contribution in [3.05, 3.63) is 70.9 Å². The molecule has 0 radical (unpaired) electrons. The van der Waals surface area contributed by atoms with E-state index >= 15 is 0 Å². The molecule has 2 aliphatic heterocycles. The molecule has 0 bridgehead atoms. The number of hydrogen-bond donors (Lipinski definition) is 1. The Labute approximate surface area is 188 Å². The van der Waals surface area contributed by atoms with Crippen LogP contribution in [-0.2, 0) is 4.79 Å². The Morgan fingerprint density at radius 3 is 2.26 bits per heavy atom. The first kappa shape index (κ1) is 21.2. The summed E-state index contributed by atoms with van der Waals surface area (Å²) >= 11 is 5.37. The molecule has 2 amide bonds. The number of benzene rings is 2. The topological polar surface area (TPSA) is 52.7 Å². The van der Waals surface area contributed by atoms with Gasteiger partial charge in [-0.25, -0.2) is 0 Å². The molecule has 0 unspecified atom stereocenters. The van der Waals surface area contributed by atoms with Crippen LogP contribution < -0.4 is 10.2 Å². The van der Waals surface area contributed by atoms with Crippen LogP contribution in [0.2, 0.25) is 0 Å². The minimum atomic E-state index is -0.190. The van der Waals surface area contributed by atoms with Gasteiger partial charge in [0.2, 0.25) is 0 Å². The maximum atomic E-state index is 12.9. The second-order valence-corrected chi connectivity index (χ2v) is 9.13. The Balaban J connectivity index is 1.49. The molecular weight excluding hydrogens is 406 g/mol. The Kier molecular flexibility index (Phi) is 5.92. The molecule has 4 rings (SSSR count). The number of thiocarbonyl (C=S) groups is 1. The van der Waals surface area contributed by atoms with Gasteiger partial charge in [0.1, 0.15) is 5.70 Å². The van der Waals surface area contributed by atoms with E-state index < -0.39 is 0 Å². The Morgan fingerprint density at radius 2 is 1.65 bits per heavy atom. The molecule has 31 heavy (non-hydrogen) atoms. The number of likely N-dealkylation sites (tertiary alicyclic amines) is 1. The standard InChI is InChI=1S/C25H27N3O2S/c1-16-4-10-21(11-5-16)28-24(30)22(26-25(28)31)13-19-6-8-20(9-7-19)23(29)27-14-17(2)12-18(3)15-27/h4-11,13,17-18H,12,14-15H2,1-3H3,(H,26,31)/b22-13+/t17-,18-/m0/s1.